The monoisotopic (exact) mass is 184 g/mol. The summed E-state index contributed by atoms with van der Waals surface area (Å²) in [6, 6.07) is 3.84. The topological polar surface area (TPSA) is 18.5 Å². The quantitative estimate of drug-likeness (QED) is 0.711. The number of hydrogen-bond acceptors (Lipinski definition) is 3. The molecular weight excluding hydrogens is 172 g/mol. The maximum Gasteiger partial charge on any atom is 0.174 e. The first-order valence-corrected chi connectivity index (χ1v) is 4.06. The van der Waals surface area contributed by atoms with Crippen molar-refractivity contribution < 1.29 is 9.47 Å². The van der Waals surface area contributed by atoms with Crippen LogP contribution in [-0.4, -0.2) is 14.2 Å². The zero-order valence-corrected chi connectivity index (χ0v) is 8.31. The number of rotatable bonds is 2. The normalized spacial score (nSPS) is 9.67. The van der Waals surface area contributed by atoms with E-state index in [4.69, 9.17) is 9.47 Å². The molecule has 12 heavy (non-hydrogen) atoms. The first-order chi connectivity index (χ1) is 5.70. The zero-order chi connectivity index (χ0) is 9.14. The average Bonchev–Trinajstić information content (AvgIpc) is 2.08. The Labute approximate surface area is 77.9 Å². The molecular formula is C9H12O2S. The molecule has 0 heterocycles. The molecule has 0 aliphatic carbocycles. The molecule has 0 aliphatic rings. The van der Waals surface area contributed by atoms with Crippen molar-refractivity contribution in [3.05, 3.63) is 17.7 Å². The number of benzene rings is 1. The molecule has 0 bridgehead atoms. The van der Waals surface area contributed by atoms with Crippen LogP contribution in [-0.2, 0) is 0 Å². The van der Waals surface area contributed by atoms with E-state index in [0.717, 1.165) is 16.2 Å². The first kappa shape index (κ1) is 9.26. The Morgan fingerprint density at radius 1 is 1.08 bits per heavy atom. The number of aryl methyl sites for hydroxylation is 1. The Morgan fingerprint density at radius 3 is 2.08 bits per heavy atom. The van der Waals surface area contributed by atoms with Gasteiger partial charge in [-0.15, -0.1) is 12.6 Å². The van der Waals surface area contributed by atoms with Crippen molar-refractivity contribution in [1.29, 1.82) is 0 Å². The molecule has 0 spiro atoms. The van der Waals surface area contributed by atoms with Crippen LogP contribution in [0, 0.1) is 6.92 Å². The van der Waals surface area contributed by atoms with Gasteiger partial charge in [-0.25, -0.2) is 0 Å². The third kappa shape index (κ3) is 1.50. The van der Waals surface area contributed by atoms with Gasteiger partial charge in [0.25, 0.3) is 0 Å². The molecule has 0 N–H and O–H groups in total. The molecule has 0 aromatic heterocycles. The van der Waals surface area contributed by atoms with E-state index in [-0.39, 0.29) is 0 Å². The largest absolute Gasteiger partial charge is 0.493 e. The van der Waals surface area contributed by atoms with Crippen LogP contribution in [0.25, 0.3) is 0 Å². The Bertz CT molecular complexity index is 255. The third-order valence-electron chi connectivity index (χ3n) is 1.70. The highest BCUT2D eigenvalue weighted by Crippen LogP contribution is 2.35. The fourth-order valence-corrected chi connectivity index (χ4v) is 1.37. The molecule has 0 fully saturated rings. The molecule has 1 aromatic carbocycles. The SMILES string of the molecule is COc1c(C)ccc(S)c1OC. The van der Waals surface area contributed by atoms with E-state index in [1.54, 1.807) is 14.2 Å². The van der Waals surface area contributed by atoms with E-state index in [1.165, 1.54) is 0 Å². The van der Waals surface area contributed by atoms with Crippen molar-refractivity contribution in [2.24, 2.45) is 0 Å². The minimum Gasteiger partial charge on any atom is -0.493 e. The van der Waals surface area contributed by atoms with Gasteiger partial charge in [-0.3, -0.25) is 0 Å². The van der Waals surface area contributed by atoms with Gasteiger partial charge >= 0.3 is 0 Å². The van der Waals surface area contributed by atoms with Crippen molar-refractivity contribution in [2.45, 2.75) is 11.8 Å². The van der Waals surface area contributed by atoms with Crippen molar-refractivity contribution in [2.75, 3.05) is 14.2 Å². The Balaban J connectivity index is 3.28. The predicted octanol–water partition coefficient (Wildman–Crippen LogP) is 2.30. The van der Waals surface area contributed by atoms with Gasteiger partial charge < -0.3 is 9.47 Å². The molecule has 0 saturated heterocycles. The fraction of sp³-hybridized carbons (Fsp3) is 0.333. The summed E-state index contributed by atoms with van der Waals surface area (Å²) in [4.78, 5) is 0.792. The highest BCUT2D eigenvalue weighted by atomic mass is 32.1. The van der Waals surface area contributed by atoms with Crippen LogP contribution in [0.3, 0.4) is 0 Å². The van der Waals surface area contributed by atoms with Crippen LogP contribution in [0.2, 0.25) is 0 Å². The molecule has 0 aliphatic heterocycles. The van der Waals surface area contributed by atoms with Gasteiger partial charge in [-0.05, 0) is 18.6 Å². The van der Waals surface area contributed by atoms with Crippen LogP contribution in [0.1, 0.15) is 5.56 Å². The maximum atomic E-state index is 5.17. The fourth-order valence-electron chi connectivity index (χ4n) is 1.10. The molecule has 0 amide bonds. The molecule has 1 rings (SSSR count). The number of methoxy groups -OCH3 is 2. The van der Waals surface area contributed by atoms with E-state index in [2.05, 4.69) is 12.6 Å². The van der Waals surface area contributed by atoms with Crippen molar-refractivity contribution in [3.63, 3.8) is 0 Å². The van der Waals surface area contributed by atoms with Gasteiger partial charge in [0.15, 0.2) is 11.5 Å². The molecule has 3 heteroatoms. The lowest BCUT2D eigenvalue weighted by Crippen LogP contribution is -1.93. The minimum absolute atomic E-state index is 0.695. The van der Waals surface area contributed by atoms with Crippen LogP contribution >= 0.6 is 12.6 Å². The number of thiol groups is 1. The third-order valence-corrected chi connectivity index (χ3v) is 2.05. The van der Waals surface area contributed by atoms with Crippen molar-refractivity contribution in [1.82, 2.24) is 0 Å². The van der Waals surface area contributed by atoms with Crippen LogP contribution in [0.4, 0.5) is 0 Å². The summed E-state index contributed by atoms with van der Waals surface area (Å²) in [5.74, 6) is 1.45. The van der Waals surface area contributed by atoms with Gasteiger partial charge in [0.1, 0.15) is 0 Å². The number of ether oxygens (including phenoxy) is 2. The van der Waals surface area contributed by atoms with Gasteiger partial charge in [0.2, 0.25) is 0 Å². The molecule has 1 aromatic rings. The summed E-state index contributed by atoms with van der Waals surface area (Å²) in [5.41, 5.74) is 1.05. The van der Waals surface area contributed by atoms with Crippen LogP contribution in [0.15, 0.2) is 17.0 Å². The molecule has 0 atom stereocenters. The van der Waals surface area contributed by atoms with Crippen LogP contribution in [0.5, 0.6) is 11.5 Å². The first-order valence-electron chi connectivity index (χ1n) is 3.61. The second-order valence-corrected chi connectivity index (χ2v) is 2.95. The molecule has 0 saturated carbocycles. The molecule has 66 valence electrons. The second kappa shape index (κ2) is 3.72. The van der Waals surface area contributed by atoms with E-state index >= 15 is 0 Å². The lowest BCUT2D eigenvalue weighted by molar-refractivity contribution is 0.346. The van der Waals surface area contributed by atoms with Gasteiger partial charge in [-0.2, -0.15) is 0 Å². The Morgan fingerprint density at radius 2 is 1.67 bits per heavy atom. The maximum absolute atomic E-state index is 5.17. The molecule has 0 radical (unpaired) electrons. The van der Waals surface area contributed by atoms with Crippen molar-refractivity contribution >= 4 is 12.6 Å². The summed E-state index contributed by atoms with van der Waals surface area (Å²) in [5, 5.41) is 0. The van der Waals surface area contributed by atoms with Gasteiger partial charge in [-0.1, -0.05) is 6.07 Å². The van der Waals surface area contributed by atoms with Gasteiger partial charge in [0.05, 0.1) is 19.1 Å². The smallest absolute Gasteiger partial charge is 0.174 e. The van der Waals surface area contributed by atoms with Crippen LogP contribution < -0.4 is 9.47 Å². The zero-order valence-electron chi connectivity index (χ0n) is 7.42. The standard InChI is InChI=1S/C9H12O2S/c1-6-4-5-7(12)9(11-3)8(6)10-2/h4-5,12H,1-3H3. The van der Waals surface area contributed by atoms with E-state index in [9.17, 15) is 0 Å². The predicted molar refractivity (Wildman–Crippen MR) is 51.5 cm³/mol. The summed E-state index contributed by atoms with van der Waals surface area (Å²) in [7, 11) is 3.23. The summed E-state index contributed by atoms with van der Waals surface area (Å²) in [6.45, 7) is 1.97. The van der Waals surface area contributed by atoms with E-state index in [0.29, 0.717) is 5.75 Å². The Kier molecular flexibility index (Phi) is 2.87. The summed E-state index contributed by atoms with van der Waals surface area (Å²) in [6.07, 6.45) is 0. The lowest BCUT2D eigenvalue weighted by Gasteiger charge is -2.11. The molecule has 2 nitrogen and oxygen atoms in total. The number of hydrogen-bond donors (Lipinski definition) is 1. The molecule has 0 unspecified atom stereocenters. The Hall–Kier alpha value is -0.830. The highest BCUT2D eigenvalue weighted by molar-refractivity contribution is 7.80. The van der Waals surface area contributed by atoms with E-state index < -0.39 is 0 Å². The summed E-state index contributed by atoms with van der Waals surface area (Å²) >= 11 is 4.24. The minimum atomic E-state index is 0.695. The van der Waals surface area contributed by atoms with Gasteiger partial charge in [0, 0.05) is 0 Å². The lowest BCUT2D eigenvalue weighted by atomic mass is 10.2. The van der Waals surface area contributed by atoms with E-state index in [1.807, 2.05) is 19.1 Å². The second-order valence-electron chi connectivity index (χ2n) is 2.47. The van der Waals surface area contributed by atoms with Crippen molar-refractivity contribution in [3.8, 4) is 11.5 Å². The highest BCUT2D eigenvalue weighted by Gasteiger charge is 2.09. The summed E-state index contributed by atoms with van der Waals surface area (Å²) < 4.78 is 10.3. The average molecular weight is 184 g/mol.